The van der Waals surface area contributed by atoms with Crippen molar-refractivity contribution in [1.82, 2.24) is 0 Å². The molecule has 0 bridgehead atoms. The Morgan fingerprint density at radius 3 is 2.50 bits per heavy atom. The van der Waals surface area contributed by atoms with E-state index in [1.807, 2.05) is 0 Å². The maximum Gasteiger partial charge on any atom is 0.292 e. The van der Waals surface area contributed by atoms with Gasteiger partial charge in [0.2, 0.25) is 0 Å². The van der Waals surface area contributed by atoms with Crippen molar-refractivity contribution in [2.45, 2.75) is 0 Å². The highest BCUT2D eigenvalue weighted by Gasteiger charge is 2.15. The van der Waals surface area contributed by atoms with Gasteiger partial charge in [-0.3, -0.25) is 14.9 Å². The quantitative estimate of drug-likeness (QED) is 0.415. The van der Waals surface area contributed by atoms with E-state index >= 15 is 0 Å². The zero-order valence-corrected chi connectivity index (χ0v) is 7.93. The molecule has 0 amide bonds. The lowest BCUT2D eigenvalue weighted by Gasteiger charge is -2.12. The number of nitro benzene ring substituents is 1. The van der Waals surface area contributed by atoms with Crippen molar-refractivity contribution < 1.29 is 9.72 Å². The minimum absolute atomic E-state index is 0.000556. The first kappa shape index (κ1) is 10.2. The van der Waals surface area contributed by atoms with E-state index in [2.05, 4.69) is 0 Å². The molecular weight excluding hydrogens is 184 g/mol. The number of nitro groups is 1. The van der Waals surface area contributed by atoms with Gasteiger partial charge in [0.1, 0.15) is 12.0 Å². The number of anilines is 1. The molecular formula is C9H10N2O3. The molecule has 0 atom stereocenters. The Bertz CT molecular complexity index is 374. The fourth-order valence-corrected chi connectivity index (χ4v) is 1.13. The number of carbonyl (C=O) groups is 1. The van der Waals surface area contributed by atoms with Crippen molar-refractivity contribution in [3.63, 3.8) is 0 Å². The SMILES string of the molecule is CN(C)c1cc(C=O)ccc1[N+](=O)[O-]. The van der Waals surface area contributed by atoms with Crippen molar-refractivity contribution in [2.75, 3.05) is 19.0 Å². The van der Waals surface area contributed by atoms with Crippen LogP contribution in [0.4, 0.5) is 11.4 Å². The largest absolute Gasteiger partial charge is 0.372 e. The average molecular weight is 194 g/mol. The molecule has 0 heterocycles. The molecule has 14 heavy (non-hydrogen) atoms. The Morgan fingerprint density at radius 2 is 2.07 bits per heavy atom. The average Bonchev–Trinajstić information content (AvgIpc) is 2.16. The number of carbonyl (C=O) groups excluding carboxylic acids is 1. The minimum atomic E-state index is -0.468. The van der Waals surface area contributed by atoms with Crippen LogP contribution in [-0.4, -0.2) is 25.3 Å². The normalized spacial score (nSPS) is 9.57. The van der Waals surface area contributed by atoms with Gasteiger partial charge in [-0.2, -0.15) is 0 Å². The summed E-state index contributed by atoms with van der Waals surface area (Å²) in [5.41, 5.74) is 0.861. The summed E-state index contributed by atoms with van der Waals surface area (Å²) in [5.74, 6) is 0. The third-order valence-corrected chi connectivity index (χ3v) is 1.81. The van der Waals surface area contributed by atoms with Crippen LogP contribution in [0.15, 0.2) is 18.2 Å². The highest BCUT2D eigenvalue weighted by molar-refractivity contribution is 5.80. The summed E-state index contributed by atoms with van der Waals surface area (Å²) in [5, 5.41) is 10.6. The van der Waals surface area contributed by atoms with E-state index in [9.17, 15) is 14.9 Å². The molecule has 0 radical (unpaired) electrons. The molecule has 5 nitrogen and oxygen atoms in total. The van der Waals surface area contributed by atoms with Crippen molar-refractivity contribution in [1.29, 1.82) is 0 Å². The molecule has 0 N–H and O–H groups in total. The minimum Gasteiger partial charge on any atom is -0.372 e. The van der Waals surface area contributed by atoms with Crippen molar-refractivity contribution in [2.24, 2.45) is 0 Å². The number of nitrogens with zero attached hydrogens (tertiary/aromatic N) is 2. The van der Waals surface area contributed by atoms with Gasteiger partial charge in [0.15, 0.2) is 0 Å². The van der Waals surface area contributed by atoms with Crippen LogP contribution in [0.1, 0.15) is 10.4 Å². The van der Waals surface area contributed by atoms with Crippen LogP contribution in [0.5, 0.6) is 0 Å². The van der Waals surface area contributed by atoms with E-state index in [1.54, 1.807) is 19.0 Å². The number of rotatable bonds is 3. The second kappa shape index (κ2) is 3.87. The van der Waals surface area contributed by atoms with E-state index < -0.39 is 4.92 Å². The van der Waals surface area contributed by atoms with Crippen LogP contribution in [-0.2, 0) is 0 Å². The lowest BCUT2D eigenvalue weighted by molar-refractivity contribution is -0.384. The van der Waals surface area contributed by atoms with Crippen molar-refractivity contribution in [3.8, 4) is 0 Å². The zero-order chi connectivity index (χ0) is 10.7. The molecule has 0 saturated carbocycles. The molecule has 0 saturated heterocycles. The van der Waals surface area contributed by atoms with E-state index in [4.69, 9.17) is 0 Å². The Balaban J connectivity index is 3.30. The van der Waals surface area contributed by atoms with Crippen LogP contribution in [0.3, 0.4) is 0 Å². The van der Waals surface area contributed by atoms with Gasteiger partial charge >= 0.3 is 0 Å². The summed E-state index contributed by atoms with van der Waals surface area (Å²) in [6.07, 6.45) is 0.663. The second-order valence-corrected chi connectivity index (χ2v) is 3.02. The topological polar surface area (TPSA) is 63.5 Å². The first-order valence-corrected chi connectivity index (χ1v) is 3.97. The summed E-state index contributed by atoms with van der Waals surface area (Å²) in [7, 11) is 3.38. The van der Waals surface area contributed by atoms with Gasteiger partial charge in [-0.25, -0.2) is 0 Å². The maximum atomic E-state index is 10.6. The Labute approximate surface area is 81.1 Å². The summed E-state index contributed by atoms with van der Waals surface area (Å²) in [6.45, 7) is 0. The predicted octanol–water partition coefficient (Wildman–Crippen LogP) is 1.47. The van der Waals surface area contributed by atoms with E-state index in [0.717, 1.165) is 0 Å². The summed E-state index contributed by atoms with van der Waals surface area (Å²) < 4.78 is 0. The van der Waals surface area contributed by atoms with Gasteiger partial charge in [-0.1, -0.05) is 0 Å². The summed E-state index contributed by atoms with van der Waals surface area (Å²) in [6, 6.07) is 4.25. The van der Waals surface area contributed by atoms with E-state index in [-0.39, 0.29) is 5.69 Å². The first-order valence-electron chi connectivity index (χ1n) is 3.97. The highest BCUT2D eigenvalue weighted by Crippen LogP contribution is 2.26. The molecule has 0 aliphatic heterocycles. The fraction of sp³-hybridized carbons (Fsp3) is 0.222. The molecule has 0 spiro atoms. The number of aldehydes is 1. The van der Waals surface area contributed by atoms with Gasteiger partial charge in [-0.15, -0.1) is 0 Å². The summed E-state index contributed by atoms with van der Waals surface area (Å²) >= 11 is 0. The first-order chi connectivity index (χ1) is 6.56. The standard InChI is InChI=1S/C9H10N2O3/c1-10(2)9-5-7(6-12)3-4-8(9)11(13)14/h3-6H,1-2H3. The Kier molecular flexibility index (Phi) is 2.81. The summed E-state index contributed by atoms with van der Waals surface area (Å²) in [4.78, 5) is 22.2. The van der Waals surface area contributed by atoms with Gasteiger partial charge in [0, 0.05) is 25.7 Å². The monoisotopic (exact) mass is 194 g/mol. The molecule has 0 unspecified atom stereocenters. The van der Waals surface area contributed by atoms with Gasteiger partial charge in [0.05, 0.1) is 4.92 Å². The third-order valence-electron chi connectivity index (χ3n) is 1.81. The molecule has 0 aliphatic carbocycles. The number of hydrogen-bond acceptors (Lipinski definition) is 4. The molecule has 1 rings (SSSR count). The Hall–Kier alpha value is -1.91. The number of hydrogen-bond donors (Lipinski definition) is 0. The Morgan fingerprint density at radius 1 is 1.43 bits per heavy atom. The lowest BCUT2D eigenvalue weighted by atomic mass is 10.2. The fourth-order valence-electron chi connectivity index (χ4n) is 1.13. The highest BCUT2D eigenvalue weighted by atomic mass is 16.6. The van der Waals surface area contributed by atoms with Crippen LogP contribution in [0, 0.1) is 10.1 Å². The predicted molar refractivity (Wildman–Crippen MR) is 52.8 cm³/mol. The van der Waals surface area contributed by atoms with Crippen LogP contribution < -0.4 is 4.90 Å². The molecule has 5 heteroatoms. The van der Waals surface area contributed by atoms with Gasteiger partial charge in [0.25, 0.3) is 5.69 Å². The smallest absolute Gasteiger partial charge is 0.292 e. The van der Waals surface area contributed by atoms with Gasteiger partial charge in [-0.05, 0) is 12.1 Å². The number of benzene rings is 1. The van der Waals surface area contributed by atoms with Crippen molar-refractivity contribution in [3.05, 3.63) is 33.9 Å². The molecule has 74 valence electrons. The van der Waals surface area contributed by atoms with Crippen LogP contribution in [0.2, 0.25) is 0 Å². The second-order valence-electron chi connectivity index (χ2n) is 3.02. The van der Waals surface area contributed by atoms with E-state index in [0.29, 0.717) is 17.5 Å². The van der Waals surface area contributed by atoms with Gasteiger partial charge < -0.3 is 4.90 Å². The van der Waals surface area contributed by atoms with Crippen LogP contribution >= 0.6 is 0 Å². The zero-order valence-electron chi connectivity index (χ0n) is 7.93. The molecule has 0 fully saturated rings. The third kappa shape index (κ3) is 1.87. The lowest BCUT2D eigenvalue weighted by Crippen LogP contribution is -2.11. The van der Waals surface area contributed by atoms with E-state index in [1.165, 1.54) is 18.2 Å². The molecule has 0 aromatic heterocycles. The molecule has 1 aromatic carbocycles. The van der Waals surface area contributed by atoms with Crippen molar-refractivity contribution >= 4 is 17.7 Å². The molecule has 1 aromatic rings. The molecule has 0 aliphatic rings. The maximum absolute atomic E-state index is 10.6. The van der Waals surface area contributed by atoms with Crippen LogP contribution in [0.25, 0.3) is 0 Å².